The summed E-state index contributed by atoms with van der Waals surface area (Å²) in [5.74, 6) is -4.33. The van der Waals surface area contributed by atoms with Gasteiger partial charge in [-0.2, -0.15) is 0 Å². The SMILES string of the molecule is CC(C)(C)OC(=O)C(N)CC(=O)O.CC(CC(=O)O)C(=O)OC(C)(C)C.CC(CCO)C(=O)OC(C)(C)C.CCCC(C)C(=O)OC(C)(C)C. The number of aliphatic carboxylic acids is 2. The van der Waals surface area contributed by atoms with Gasteiger partial charge in [-0.1, -0.05) is 34.1 Å². The molecule has 0 aliphatic heterocycles. The second-order valence-corrected chi connectivity index (χ2v) is 15.9. The van der Waals surface area contributed by atoms with Crippen LogP contribution in [0.25, 0.3) is 0 Å². The molecule has 0 radical (unpaired) electrons. The van der Waals surface area contributed by atoms with Gasteiger partial charge in [-0.3, -0.25) is 28.8 Å². The molecule has 0 aliphatic carbocycles. The van der Waals surface area contributed by atoms with Gasteiger partial charge in [-0.15, -0.1) is 0 Å². The molecule has 0 bridgehead atoms. The number of aliphatic hydroxyl groups is 1. The molecule has 0 aromatic heterocycles. The molecule has 0 aliphatic rings. The fourth-order valence-electron chi connectivity index (χ4n) is 3.06. The van der Waals surface area contributed by atoms with E-state index in [-0.39, 0.29) is 42.4 Å². The quantitative estimate of drug-likeness (QED) is 0.140. The maximum absolute atomic E-state index is 11.3. The van der Waals surface area contributed by atoms with Crippen LogP contribution in [0.1, 0.15) is 143 Å². The number of hydrogen-bond donors (Lipinski definition) is 4. The van der Waals surface area contributed by atoms with Crippen molar-refractivity contribution in [3.63, 3.8) is 0 Å². The summed E-state index contributed by atoms with van der Waals surface area (Å²) in [5.41, 5.74) is 3.31. The van der Waals surface area contributed by atoms with Crippen molar-refractivity contribution >= 4 is 35.8 Å². The minimum absolute atomic E-state index is 0.0282. The lowest BCUT2D eigenvalue weighted by Crippen LogP contribution is -2.38. The van der Waals surface area contributed by atoms with E-state index in [1.165, 1.54) is 0 Å². The fraction of sp³-hybridized carbons (Fsp3) is 0.833. The van der Waals surface area contributed by atoms with Crippen LogP contribution in [0.2, 0.25) is 0 Å². The fourth-order valence-corrected chi connectivity index (χ4v) is 3.06. The highest BCUT2D eigenvalue weighted by Gasteiger charge is 2.25. The molecule has 0 heterocycles. The predicted molar refractivity (Wildman–Crippen MR) is 190 cm³/mol. The summed E-state index contributed by atoms with van der Waals surface area (Å²) in [5, 5.41) is 25.3. The van der Waals surface area contributed by atoms with Crippen LogP contribution in [0.5, 0.6) is 0 Å². The van der Waals surface area contributed by atoms with Crippen molar-refractivity contribution in [2.45, 2.75) is 171 Å². The first-order chi connectivity index (χ1) is 22.2. The number of ether oxygens (including phenoxy) is 4. The lowest BCUT2D eigenvalue weighted by atomic mass is 10.1. The van der Waals surface area contributed by atoms with Crippen LogP contribution < -0.4 is 5.73 Å². The van der Waals surface area contributed by atoms with Crippen LogP contribution in [0.4, 0.5) is 0 Å². The zero-order chi connectivity index (χ0) is 40.8. The van der Waals surface area contributed by atoms with Crippen molar-refractivity contribution in [1.82, 2.24) is 0 Å². The number of esters is 4. The molecule has 0 saturated carbocycles. The third-order valence-electron chi connectivity index (χ3n) is 5.30. The summed E-state index contributed by atoms with van der Waals surface area (Å²) in [4.78, 5) is 65.3. The monoisotopic (exact) mass is 723 g/mol. The van der Waals surface area contributed by atoms with E-state index < -0.39 is 59.1 Å². The van der Waals surface area contributed by atoms with E-state index in [9.17, 15) is 28.8 Å². The predicted octanol–water partition coefficient (Wildman–Crippen LogP) is 5.68. The molecule has 0 spiro atoms. The molecular formula is C36H69NO13. The number of hydrogen-bond acceptors (Lipinski definition) is 12. The molecule has 4 unspecified atom stereocenters. The Balaban J connectivity index is -0.000000282. The highest BCUT2D eigenvalue weighted by Crippen LogP contribution is 2.15. The third kappa shape index (κ3) is 39.2. The van der Waals surface area contributed by atoms with E-state index in [1.54, 1.807) is 55.4 Å². The van der Waals surface area contributed by atoms with Gasteiger partial charge in [-0.05, 0) is 95.9 Å². The molecule has 4 atom stereocenters. The number of aliphatic hydroxyl groups excluding tert-OH is 1. The van der Waals surface area contributed by atoms with E-state index in [0.717, 1.165) is 12.8 Å². The van der Waals surface area contributed by atoms with Gasteiger partial charge >= 0.3 is 35.8 Å². The summed E-state index contributed by atoms with van der Waals surface area (Å²) in [6.07, 6.45) is 1.81. The molecule has 0 aromatic rings. The zero-order valence-electron chi connectivity index (χ0n) is 33.6. The van der Waals surface area contributed by atoms with Crippen LogP contribution in [0.15, 0.2) is 0 Å². The number of carbonyl (C=O) groups is 6. The van der Waals surface area contributed by atoms with Crippen molar-refractivity contribution in [3.8, 4) is 0 Å². The normalized spacial score (nSPS) is 13.8. The highest BCUT2D eigenvalue weighted by molar-refractivity contribution is 5.82. The Morgan fingerprint density at radius 1 is 0.520 bits per heavy atom. The summed E-state index contributed by atoms with van der Waals surface area (Å²) in [6, 6.07) is -1.09. The Labute approximate surface area is 300 Å². The second kappa shape index (κ2) is 24.8. The summed E-state index contributed by atoms with van der Waals surface area (Å²) >= 11 is 0. The molecule has 14 heteroatoms. The van der Waals surface area contributed by atoms with Crippen LogP contribution in [-0.2, 0) is 47.7 Å². The van der Waals surface area contributed by atoms with Crippen molar-refractivity contribution < 1.29 is 63.0 Å². The number of nitrogens with two attached hydrogens (primary N) is 1. The average molecular weight is 724 g/mol. The van der Waals surface area contributed by atoms with Gasteiger partial charge in [0, 0.05) is 6.61 Å². The molecule has 296 valence electrons. The minimum Gasteiger partial charge on any atom is -0.481 e. The summed E-state index contributed by atoms with van der Waals surface area (Å²) < 4.78 is 20.2. The first-order valence-electron chi connectivity index (χ1n) is 16.9. The van der Waals surface area contributed by atoms with E-state index >= 15 is 0 Å². The summed E-state index contributed by atoms with van der Waals surface area (Å²) in [7, 11) is 0. The molecule has 0 saturated heterocycles. The average Bonchev–Trinajstić information content (AvgIpc) is 2.85. The van der Waals surface area contributed by atoms with Crippen LogP contribution in [0, 0.1) is 17.8 Å². The molecule has 5 N–H and O–H groups in total. The van der Waals surface area contributed by atoms with Crippen molar-refractivity contribution in [1.29, 1.82) is 0 Å². The maximum Gasteiger partial charge on any atom is 0.324 e. The number of rotatable bonds is 12. The van der Waals surface area contributed by atoms with Crippen molar-refractivity contribution in [3.05, 3.63) is 0 Å². The van der Waals surface area contributed by atoms with Crippen LogP contribution in [-0.4, -0.2) is 86.2 Å². The van der Waals surface area contributed by atoms with Crippen molar-refractivity contribution in [2.24, 2.45) is 23.5 Å². The maximum atomic E-state index is 11.3. The molecule has 0 aromatic carbocycles. The van der Waals surface area contributed by atoms with Crippen LogP contribution in [0.3, 0.4) is 0 Å². The molecular weight excluding hydrogens is 654 g/mol. The third-order valence-corrected chi connectivity index (χ3v) is 5.30. The molecule has 14 nitrogen and oxygen atoms in total. The zero-order valence-corrected chi connectivity index (χ0v) is 33.6. The molecule has 0 amide bonds. The van der Waals surface area contributed by atoms with Crippen molar-refractivity contribution in [2.75, 3.05) is 6.61 Å². The number of carboxylic acids is 2. The van der Waals surface area contributed by atoms with E-state index in [2.05, 4.69) is 6.92 Å². The number of carbonyl (C=O) groups excluding carboxylic acids is 4. The summed E-state index contributed by atoms with van der Waals surface area (Å²) in [6.45, 7) is 28.8. The Kier molecular flexibility index (Phi) is 26.6. The Hall–Kier alpha value is -3.26. The van der Waals surface area contributed by atoms with Gasteiger partial charge in [-0.25, -0.2) is 0 Å². The Bertz CT molecular complexity index is 947. The smallest absolute Gasteiger partial charge is 0.324 e. The van der Waals surface area contributed by atoms with Crippen LogP contribution >= 0.6 is 0 Å². The first-order valence-corrected chi connectivity index (χ1v) is 16.9. The van der Waals surface area contributed by atoms with E-state index in [1.807, 2.05) is 48.5 Å². The van der Waals surface area contributed by atoms with E-state index in [4.69, 9.17) is 40.0 Å². The molecule has 0 fully saturated rings. The molecule has 50 heavy (non-hydrogen) atoms. The number of carboxylic acid groups (broad SMARTS) is 2. The Morgan fingerprint density at radius 3 is 1.06 bits per heavy atom. The molecule has 0 rings (SSSR count). The Morgan fingerprint density at radius 2 is 0.800 bits per heavy atom. The second-order valence-electron chi connectivity index (χ2n) is 15.9. The largest absolute Gasteiger partial charge is 0.481 e. The first kappa shape index (κ1) is 53.5. The standard InChI is InChI=1S/C10H20O2.C9H16O4.C9H18O3.C8H15NO4/c1-6-7-8(2)9(11)12-10(3,4)5;1-6(5-7(10)11)8(12)13-9(2,3)4;1-7(5-6-10)8(11)12-9(2,3)4;1-8(2,3)13-7(12)5(9)4-6(10)11/h8H,6-7H2,1-5H3;6H,5H2,1-4H3,(H,10,11);7,10H,5-6H2,1-4H3;5H,4,9H2,1-3H3,(H,10,11). The van der Waals surface area contributed by atoms with Gasteiger partial charge in [0.2, 0.25) is 0 Å². The van der Waals surface area contributed by atoms with Gasteiger partial charge in [0.05, 0.1) is 30.6 Å². The van der Waals surface area contributed by atoms with Gasteiger partial charge in [0.25, 0.3) is 0 Å². The van der Waals surface area contributed by atoms with Gasteiger partial charge < -0.3 is 40.0 Å². The minimum atomic E-state index is -1.11. The highest BCUT2D eigenvalue weighted by atomic mass is 16.6. The van der Waals surface area contributed by atoms with Gasteiger partial charge in [0.15, 0.2) is 0 Å². The topological polar surface area (TPSA) is 226 Å². The lowest BCUT2D eigenvalue weighted by molar-refractivity contribution is -0.162. The lowest BCUT2D eigenvalue weighted by Gasteiger charge is -2.21. The van der Waals surface area contributed by atoms with Gasteiger partial charge in [0.1, 0.15) is 28.4 Å². The van der Waals surface area contributed by atoms with E-state index in [0.29, 0.717) is 6.42 Å².